The van der Waals surface area contributed by atoms with Crippen LogP contribution in [0.25, 0.3) is 0 Å². The normalized spacial score (nSPS) is 18.4. The molecule has 0 heterocycles. The van der Waals surface area contributed by atoms with E-state index in [2.05, 4.69) is 0 Å². The van der Waals surface area contributed by atoms with Crippen LogP contribution in [0, 0.1) is 23.5 Å². The molecule has 0 bridgehead atoms. The maximum Gasteiger partial charge on any atom is 0.123 e. The lowest BCUT2D eigenvalue weighted by atomic mass is 9.80. The zero-order chi connectivity index (χ0) is 23.8. The van der Waals surface area contributed by atoms with Crippen LogP contribution >= 0.6 is 0 Å². The predicted molar refractivity (Wildman–Crippen MR) is 115 cm³/mol. The first-order valence-electron chi connectivity index (χ1n) is 10.6. The Labute approximate surface area is 186 Å². The maximum atomic E-state index is 13.7. The van der Waals surface area contributed by atoms with Crippen molar-refractivity contribution in [3.8, 4) is 0 Å². The van der Waals surface area contributed by atoms with Crippen LogP contribution < -0.4 is 0 Å². The molecule has 0 amide bonds. The molecule has 0 aliphatic heterocycles. The summed E-state index contributed by atoms with van der Waals surface area (Å²) < 4.78 is 27.2. The van der Waals surface area contributed by atoms with Gasteiger partial charge in [0.1, 0.15) is 36.1 Å². The number of aliphatic hydroxyl groups is 6. The fourth-order valence-electron chi connectivity index (χ4n) is 4.00. The van der Waals surface area contributed by atoms with E-state index in [0.717, 1.165) is 5.56 Å². The highest BCUT2D eigenvalue weighted by Crippen LogP contribution is 2.27. The van der Waals surface area contributed by atoms with E-state index in [9.17, 15) is 34.3 Å². The van der Waals surface area contributed by atoms with Gasteiger partial charge in [-0.2, -0.15) is 0 Å². The second-order valence-corrected chi connectivity index (χ2v) is 8.48. The molecule has 0 saturated heterocycles. The summed E-state index contributed by atoms with van der Waals surface area (Å²) in [6, 6.07) is 11.9. The van der Waals surface area contributed by atoms with Gasteiger partial charge in [-0.3, -0.25) is 0 Å². The van der Waals surface area contributed by atoms with Crippen LogP contribution in [0.2, 0.25) is 0 Å². The SMILES string of the molecule is CC(Cc1cccc(F)c1)CC(Cc1cccc(F)c1)C(O)[C@@H](O)[C@@H](O)[C@H](O)[C@@H](O)CO. The second-order valence-electron chi connectivity index (χ2n) is 8.48. The van der Waals surface area contributed by atoms with Crippen molar-refractivity contribution in [3.63, 3.8) is 0 Å². The van der Waals surface area contributed by atoms with Gasteiger partial charge in [0.25, 0.3) is 0 Å². The molecule has 0 fully saturated rings. The molecule has 0 saturated carbocycles. The number of benzene rings is 2. The van der Waals surface area contributed by atoms with Crippen LogP contribution in [0.5, 0.6) is 0 Å². The van der Waals surface area contributed by atoms with Gasteiger partial charge in [0.15, 0.2) is 0 Å². The van der Waals surface area contributed by atoms with E-state index < -0.39 is 48.9 Å². The van der Waals surface area contributed by atoms with Crippen molar-refractivity contribution in [3.05, 3.63) is 71.3 Å². The van der Waals surface area contributed by atoms with Gasteiger partial charge in [0, 0.05) is 0 Å². The predicted octanol–water partition coefficient (Wildman–Crippen LogP) is 1.19. The molecule has 6 N–H and O–H groups in total. The average molecular weight is 455 g/mol. The van der Waals surface area contributed by atoms with E-state index >= 15 is 0 Å². The molecule has 8 heteroatoms. The molecule has 0 radical (unpaired) electrons. The van der Waals surface area contributed by atoms with Crippen LogP contribution in [-0.2, 0) is 12.8 Å². The third-order valence-electron chi connectivity index (χ3n) is 5.68. The van der Waals surface area contributed by atoms with Crippen molar-refractivity contribution in [2.24, 2.45) is 11.8 Å². The number of hydrogen-bond acceptors (Lipinski definition) is 6. The van der Waals surface area contributed by atoms with Gasteiger partial charge in [0.2, 0.25) is 0 Å². The Morgan fingerprint density at radius 3 is 1.72 bits per heavy atom. The minimum absolute atomic E-state index is 0.0673. The molecule has 0 aliphatic carbocycles. The van der Waals surface area contributed by atoms with Crippen molar-refractivity contribution in [1.29, 1.82) is 0 Å². The van der Waals surface area contributed by atoms with Crippen LogP contribution in [0.15, 0.2) is 48.5 Å². The van der Waals surface area contributed by atoms with Crippen molar-refractivity contribution in [2.75, 3.05) is 6.61 Å². The summed E-state index contributed by atoms with van der Waals surface area (Å²) in [5.41, 5.74) is 1.34. The third-order valence-corrected chi connectivity index (χ3v) is 5.68. The largest absolute Gasteiger partial charge is 0.394 e. The first kappa shape index (κ1) is 26.3. The van der Waals surface area contributed by atoms with Gasteiger partial charge in [-0.05, 0) is 66.5 Å². The summed E-state index contributed by atoms with van der Waals surface area (Å²) >= 11 is 0. The number of hydrogen-bond donors (Lipinski definition) is 6. The number of aliphatic hydroxyl groups excluding tert-OH is 6. The molecule has 2 aromatic rings. The average Bonchev–Trinajstić information content (AvgIpc) is 2.76. The number of rotatable bonds is 12. The van der Waals surface area contributed by atoms with E-state index in [1.54, 1.807) is 18.2 Å². The van der Waals surface area contributed by atoms with Gasteiger partial charge in [-0.15, -0.1) is 0 Å². The zero-order valence-corrected chi connectivity index (χ0v) is 17.9. The molecule has 7 atom stereocenters. The Morgan fingerprint density at radius 1 is 0.719 bits per heavy atom. The van der Waals surface area contributed by atoms with Crippen molar-refractivity contribution < 1.29 is 39.4 Å². The van der Waals surface area contributed by atoms with Crippen molar-refractivity contribution in [1.82, 2.24) is 0 Å². The lowest BCUT2D eigenvalue weighted by Crippen LogP contribution is -2.52. The highest BCUT2D eigenvalue weighted by molar-refractivity contribution is 5.18. The molecule has 0 aromatic heterocycles. The molecule has 2 rings (SSSR count). The minimum Gasteiger partial charge on any atom is -0.394 e. The highest BCUT2D eigenvalue weighted by Gasteiger charge is 2.37. The Hall–Kier alpha value is -1.94. The van der Waals surface area contributed by atoms with E-state index in [4.69, 9.17) is 5.11 Å². The Bertz CT molecular complexity index is 836. The molecule has 6 nitrogen and oxygen atoms in total. The van der Waals surface area contributed by atoms with Gasteiger partial charge >= 0.3 is 0 Å². The van der Waals surface area contributed by atoms with Gasteiger partial charge in [0.05, 0.1) is 12.7 Å². The molecule has 0 aliphatic rings. The van der Waals surface area contributed by atoms with E-state index in [1.165, 1.54) is 30.3 Å². The smallest absolute Gasteiger partial charge is 0.123 e. The lowest BCUT2D eigenvalue weighted by Gasteiger charge is -2.33. The summed E-state index contributed by atoms with van der Waals surface area (Å²) in [6.07, 6.45) is -7.82. The van der Waals surface area contributed by atoms with Crippen molar-refractivity contribution >= 4 is 0 Å². The van der Waals surface area contributed by atoms with Gasteiger partial charge < -0.3 is 30.6 Å². The molecule has 0 spiro atoms. The van der Waals surface area contributed by atoms with Crippen LogP contribution in [0.1, 0.15) is 24.5 Å². The summed E-state index contributed by atoms with van der Waals surface area (Å²) in [5.74, 6) is -1.53. The quantitative estimate of drug-likeness (QED) is 0.287. The fourth-order valence-corrected chi connectivity index (χ4v) is 4.00. The monoisotopic (exact) mass is 454 g/mol. The summed E-state index contributed by atoms with van der Waals surface area (Å²) in [7, 11) is 0. The third kappa shape index (κ3) is 7.58. The summed E-state index contributed by atoms with van der Waals surface area (Å²) in [4.78, 5) is 0. The summed E-state index contributed by atoms with van der Waals surface area (Å²) in [6.45, 7) is 1.06. The van der Waals surface area contributed by atoms with Gasteiger partial charge in [-0.1, -0.05) is 31.2 Å². The van der Waals surface area contributed by atoms with E-state index in [-0.39, 0.29) is 18.2 Å². The van der Waals surface area contributed by atoms with E-state index in [1.807, 2.05) is 6.92 Å². The first-order chi connectivity index (χ1) is 15.1. The molecular weight excluding hydrogens is 422 g/mol. The Morgan fingerprint density at radius 2 is 1.22 bits per heavy atom. The second kappa shape index (κ2) is 12.3. The Balaban J connectivity index is 2.18. The molecule has 32 heavy (non-hydrogen) atoms. The standard InChI is InChI=1S/C24H32F2O6/c1-14(8-15-4-2-6-18(25)11-15)9-17(10-16-5-3-7-19(26)12-16)21(29)23(31)24(32)22(30)20(28)13-27/h2-7,11-12,14,17,20-24,27-32H,8-10,13H2,1H3/t14?,17?,20-,21?,22+,23+,24-/m0/s1. The van der Waals surface area contributed by atoms with Crippen molar-refractivity contribution in [2.45, 2.75) is 56.7 Å². The zero-order valence-electron chi connectivity index (χ0n) is 17.9. The van der Waals surface area contributed by atoms with Crippen LogP contribution in [0.3, 0.4) is 0 Å². The Kier molecular flexibility index (Phi) is 10.1. The van der Waals surface area contributed by atoms with E-state index in [0.29, 0.717) is 18.4 Å². The highest BCUT2D eigenvalue weighted by atomic mass is 19.1. The summed E-state index contributed by atoms with van der Waals surface area (Å²) in [5, 5.41) is 59.9. The maximum absolute atomic E-state index is 13.7. The lowest BCUT2D eigenvalue weighted by molar-refractivity contribution is -0.149. The number of halogens is 2. The fraction of sp³-hybridized carbons (Fsp3) is 0.500. The van der Waals surface area contributed by atoms with Crippen LogP contribution in [0.4, 0.5) is 8.78 Å². The molecule has 3 unspecified atom stereocenters. The first-order valence-corrected chi connectivity index (χ1v) is 10.6. The molecule has 2 aromatic carbocycles. The van der Waals surface area contributed by atoms with Crippen LogP contribution in [-0.4, -0.2) is 67.8 Å². The minimum atomic E-state index is -1.92. The molecule has 178 valence electrons. The topological polar surface area (TPSA) is 121 Å². The van der Waals surface area contributed by atoms with Gasteiger partial charge in [-0.25, -0.2) is 8.78 Å². The molecular formula is C24H32F2O6.